The Bertz CT molecular complexity index is 868. The summed E-state index contributed by atoms with van der Waals surface area (Å²) in [5.74, 6) is -4.29. The molecule has 39 heavy (non-hydrogen) atoms. The SMILES string of the molecule is CCCCN(CCCC)C(=O)CN(CC[NH+](CC)CC)C(=O)c1ccc(NC(C)=O)cc1.O.O=C([O-])C(=O)O. The minimum atomic E-state index is -2.07. The van der Waals surface area contributed by atoms with Gasteiger partial charge in [0.15, 0.2) is 5.97 Å². The van der Waals surface area contributed by atoms with Gasteiger partial charge in [-0.1, -0.05) is 26.7 Å². The van der Waals surface area contributed by atoms with Gasteiger partial charge in [-0.25, -0.2) is 4.79 Å². The van der Waals surface area contributed by atoms with Crippen molar-refractivity contribution in [2.45, 2.75) is 60.3 Å². The van der Waals surface area contributed by atoms with Crippen molar-refractivity contribution in [3.8, 4) is 0 Å². The molecule has 1 rings (SSSR count). The van der Waals surface area contributed by atoms with Crippen LogP contribution in [0.4, 0.5) is 5.69 Å². The number of hydrogen-bond acceptors (Lipinski definition) is 6. The first kappa shape index (κ1) is 37.6. The zero-order valence-corrected chi connectivity index (χ0v) is 23.9. The Balaban J connectivity index is 0. The molecule has 0 aromatic heterocycles. The van der Waals surface area contributed by atoms with Crippen LogP contribution in [-0.4, -0.2) is 95.9 Å². The molecule has 222 valence electrons. The highest BCUT2D eigenvalue weighted by Crippen LogP contribution is 2.12. The number of nitrogens with zero attached hydrogens (tertiary/aromatic N) is 2. The van der Waals surface area contributed by atoms with Crippen LogP contribution in [0.5, 0.6) is 0 Å². The van der Waals surface area contributed by atoms with Gasteiger partial charge < -0.3 is 40.5 Å². The van der Waals surface area contributed by atoms with Crippen LogP contribution in [0.15, 0.2) is 24.3 Å². The number of aliphatic carboxylic acids is 2. The van der Waals surface area contributed by atoms with Crippen LogP contribution in [0.2, 0.25) is 0 Å². The molecule has 0 atom stereocenters. The van der Waals surface area contributed by atoms with Crippen molar-refractivity contribution in [2.24, 2.45) is 0 Å². The number of rotatable bonds is 15. The minimum Gasteiger partial charge on any atom is -0.539 e. The molecule has 1 aromatic carbocycles. The average molecular weight is 555 g/mol. The van der Waals surface area contributed by atoms with E-state index < -0.39 is 11.9 Å². The van der Waals surface area contributed by atoms with Gasteiger partial charge >= 0.3 is 5.97 Å². The molecule has 5 N–H and O–H groups in total. The van der Waals surface area contributed by atoms with Crippen LogP contribution in [0.3, 0.4) is 0 Å². The molecule has 0 unspecified atom stereocenters. The van der Waals surface area contributed by atoms with E-state index in [1.807, 2.05) is 4.90 Å². The highest BCUT2D eigenvalue weighted by Gasteiger charge is 2.23. The number of unbranched alkanes of at least 4 members (excludes halogenated alkanes) is 2. The fraction of sp³-hybridized carbons (Fsp3) is 0.593. The number of amides is 3. The van der Waals surface area contributed by atoms with Gasteiger partial charge in [0.1, 0.15) is 6.54 Å². The summed E-state index contributed by atoms with van der Waals surface area (Å²) >= 11 is 0. The molecule has 12 nitrogen and oxygen atoms in total. The minimum absolute atomic E-state index is 0. The van der Waals surface area contributed by atoms with Gasteiger partial charge in [-0.3, -0.25) is 14.4 Å². The monoisotopic (exact) mass is 554 g/mol. The van der Waals surface area contributed by atoms with Crippen LogP contribution in [0, 0.1) is 0 Å². The lowest BCUT2D eigenvalue weighted by Gasteiger charge is -2.28. The number of anilines is 1. The van der Waals surface area contributed by atoms with E-state index in [4.69, 9.17) is 19.8 Å². The van der Waals surface area contributed by atoms with Gasteiger partial charge in [-0.15, -0.1) is 0 Å². The summed E-state index contributed by atoms with van der Waals surface area (Å²) in [5, 5.41) is 19.0. The lowest BCUT2D eigenvalue weighted by atomic mass is 10.1. The van der Waals surface area contributed by atoms with Crippen molar-refractivity contribution in [3.63, 3.8) is 0 Å². The molecule has 1 aromatic rings. The number of quaternary nitrogens is 1. The van der Waals surface area contributed by atoms with Crippen molar-refractivity contribution in [1.29, 1.82) is 0 Å². The van der Waals surface area contributed by atoms with E-state index in [9.17, 15) is 14.4 Å². The zero-order chi connectivity index (χ0) is 29.1. The second kappa shape index (κ2) is 21.4. The van der Waals surface area contributed by atoms with Crippen LogP contribution in [-0.2, 0) is 19.2 Å². The predicted octanol–water partition coefficient (Wildman–Crippen LogP) is -0.563. The Kier molecular flexibility index (Phi) is 20.7. The van der Waals surface area contributed by atoms with Gasteiger partial charge in [0, 0.05) is 31.3 Å². The molecule has 0 radical (unpaired) electrons. The molecular weight excluding hydrogens is 508 g/mol. The van der Waals surface area contributed by atoms with Gasteiger partial charge in [-0.05, 0) is 51.0 Å². The number of likely N-dealkylation sites (N-methyl/N-ethyl adjacent to an activating group) is 1. The van der Waals surface area contributed by atoms with E-state index >= 15 is 0 Å². The molecule has 0 aliphatic heterocycles. The summed E-state index contributed by atoms with van der Waals surface area (Å²) in [6.45, 7) is 14.8. The van der Waals surface area contributed by atoms with Crippen molar-refractivity contribution in [3.05, 3.63) is 29.8 Å². The van der Waals surface area contributed by atoms with Gasteiger partial charge in [0.05, 0.1) is 26.2 Å². The van der Waals surface area contributed by atoms with Crippen molar-refractivity contribution >= 4 is 35.3 Å². The molecule has 3 amide bonds. The van der Waals surface area contributed by atoms with E-state index in [1.165, 1.54) is 11.8 Å². The third-order valence-electron chi connectivity index (χ3n) is 5.89. The maximum Gasteiger partial charge on any atom is 0.351 e. The second-order valence-electron chi connectivity index (χ2n) is 8.87. The topological polar surface area (TPSA) is 183 Å². The van der Waals surface area contributed by atoms with Gasteiger partial charge in [0.25, 0.3) is 5.91 Å². The molecule has 0 bridgehead atoms. The summed E-state index contributed by atoms with van der Waals surface area (Å²) in [6.07, 6.45) is 4.00. The quantitative estimate of drug-likeness (QED) is 0.243. The Hall–Kier alpha value is -3.51. The third kappa shape index (κ3) is 16.1. The van der Waals surface area contributed by atoms with Crippen molar-refractivity contribution in [2.75, 3.05) is 51.1 Å². The number of carbonyl (C=O) groups excluding carboxylic acids is 4. The van der Waals surface area contributed by atoms with Gasteiger partial charge in [0.2, 0.25) is 11.8 Å². The highest BCUT2D eigenvalue weighted by molar-refractivity contribution is 6.26. The first-order valence-corrected chi connectivity index (χ1v) is 13.2. The largest absolute Gasteiger partial charge is 0.539 e. The number of nitrogens with one attached hydrogen (secondary N) is 2. The Morgan fingerprint density at radius 1 is 0.872 bits per heavy atom. The van der Waals surface area contributed by atoms with Crippen LogP contribution >= 0.6 is 0 Å². The molecule has 0 spiro atoms. The summed E-state index contributed by atoms with van der Waals surface area (Å²) in [4.78, 5) is 60.7. The first-order chi connectivity index (χ1) is 18.0. The normalized spacial score (nSPS) is 10.0. The molecule has 0 aliphatic carbocycles. The number of carbonyl (C=O) groups is 5. The first-order valence-electron chi connectivity index (χ1n) is 13.2. The fourth-order valence-corrected chi connectivity index (χ4v) is 3.55. The summed E-state index contributed by atoms with van der Waals surface area (Å²) in [6, 6.07) is 6.86. The van der Waals surface area contributed by atoms with E-state index in [0.29, 0.717) is 17.8 Å². The molecule has 12 heteroatoms. The lowest BCUT2D eigenvalue weighted by Crippen LogP contribution is -3.12. The Labute approximate surface area is 231 Å². The van der Waals surface area contributed by atoms with Gasteiger partial charge in [-0.2, -0.15) is 0 Å². The lowest BCUT2D eigenvalue weighted by molar-refractivity contribution is -0.895. The fourth-order valence-electron chi connectivity index (χ4n) is 3.55. The maximum atomic E-state index is 13.3. The smallest absolute Gasteiger partial charge is 0.351 e. The summed E-state index contributed by atoms with van der Waals surface area (Å²) in [7, 11) is 0. The molecule has 0 aliphatic rings. The molecular formula is C27H46N4O8. The second-order valence-corrected chi connectivity index (χ2v) is 8.87. The van der Waals surface area contributed by atoms with E-state index in [0.717, 1.165) is 58.4 Å². The Morgan fingerprint density at radius 2 is 1.36 bits per heavy atom. The van der Waals surface area contributed by atoms with Crippen molar-refractivity contribution < 1.29 is 44.6 Å². The van der Waals surface area contributed by atoms with Crippen LogP contribution in [0.25, 0.3) is 0 Å². The van der Waals surface area contributed by atoms with E-state index in [1.54, 1.807) is 29.2 Å². The molecule has 0 fully saturated rings. The van der Waals surface area contributed by atoms with E-state index in [-0.39, 0.29) is 29.7 Å². The average Bonchev–Trinajstić information content (AvgIpc) is 2.88. The zero-order valence-electron chi connectivity index (χ0n) is 23.9. The standard InChI is InChI=1S/C25H42N4O3.C2H2O4.H2O/c1-6-10-16-28(17-11-7-2)24(31)20-29(19-18-27(8-3)9-4)25(32)22-12-14-23(15-13-22)26-21(5)30;3-1(4)2(5)6;/h12-15H,6-11,16-20H2,1-5H3,(H,26,30);(H,3,4)(H,5,6);1H2. The Morgan fingerprint density at radius 3 is 1.74 bits per heavy atom. The maximum absolute atomic E-state index is 13.3. The number of carboxylic acid groups (broad SMARTS) is 2. The molecule has 0 saturated carbocycles. The third-order valence-corrected chi connectivity index (χ3v) is 5.89. The summed E-state index contributed by atoms with van der Waals surface area (Å²) in [5.41, 5.74) is 1.17. The van der Waals surface area contributed by atoms with Crippen LogP contribution in [0.1, 0.15) is 70.7 Å². The van der Waals surface area contributed by atoms with E-state index in [2.05, 4.69) is 33.0 Å². The number of hydrogen-bond donors (Lipinski definition) is 3. The van der Waals surface area contributed by atoms with Crippen LogP contribution < -0.4 is 15.3 Å². The molecule has 0 heterocycles. The number of carboxylic acids is 2. The van der Waals surface area contributed by atoms with Crippen molar-refractivity contribution in [1.82, 2.24) is 9.80 Å². The number of benzene rings is 1. The molecule has 0 saturated heterocycles. The predicted molar refractivity (Wildman–Crippen MR) is 146 cm³/mol. The summed E-state index contributed by atoms with van der Waals surface area (Å²) < 4.78 is 0. The highest BCUT2D eigenvalue weighted by atomic mass is 16.4.